The molecular formula is C17H30BN3O9. The predicted octanol–water partition coefficient (Wildman–Crippen LogP) is -1.91. The molecule has 1 amide bonds. The van der Waals surface area contributed by atoms with Gasteiger partial charge in [-0.3, -0.25) is 14.9 Å². The Bertz CT molecular complexity index is 636. The Labute approximate surface area is 174 Å². The molecule has 0 aliphatic carbocycles. The van der Waals surface area contributed by atoms with Crippen molar-refractivity contribution < 1.29 is 44.1 Å². The second kappa shape index (κ2) is 10.4. The number of carbonyl (C=O) groups excluding carboxylic acids is 2. The lowest BCUT2D eigenvalue weighted by atomic mass is 9.77. The fourth-order valence-corrected chi connectivity index (χ4v) is 4.19. The number of unbranched alkanes of at least 4 members (excludes halogenated alkanes) is 1. The molecule has 7 N–H and O–H groups in total. The summed E-state index contributed by atoms with van der Waals surface area (Å²) in [4.78, 5) is 37.4. The fraction of sp³-hybridized carbons (Fsp3) is 0.824. The summed E-state index contributed by atoms with van der Waals surface area (Å²) < 4.78 is 9.69. The Morgan fingerprint density at radius 3 is 2.60 bits per heavy atom. The first-order valence-corrected chi connectivity index (χ1v) is 9.98. The van der Waals surface area contributed by atoms with Crippen molar-refractivity contribution in [3.8, 4) is 0 Å². The number of esters is 1. The van der Waals surface area contributed by atoms with Gasteiger partial charge < -0.3 is 40.4 Å². The van der Waals surface area contributed by atoms with Crippen LogP contribution < -0.4 is 11.1 Å². The molecule has 0 saturated carbocycles. The smallest absolute Gasteiger partial charge is 0.451 e. The Balaban J connectivity index is 1.90. The van der Waals surface area contributed by atoms with E-state index in [0.29, 0.717) is 32.2 Å². The number of likely N-dealkylation sites (tertiary alicyclic amines) is 1. The highest BCUT2D eigenvalue weighted by Gasteiger charge is 2.58. The normalized spacial score (nSPS) is 27.3. The minimum Gasteiger partial charge on any atom is -0.480 e. The van der Waals surface area contributed by atoms with Crippen LogP contribution in [-0.4, -0.2) is 93.9 Å². The van der Waals surface area contributed by atoms with Gasteiger partial charge in [0, 0.05) is 19.0 Å². The number of rotatable bonds is 10. The summed E-state index contributed by atoms with van der Waals surface area (Å²) in [5.41, 5.74) is 4.23. The van der Waals surface area contributed by atoms with Crippen LogP contribution in [0.5, 0.6) is 0 Å². The summed E-state index contributed by atoms with van der Waals surface area (Å²) >= 11 is 0. The van der Waals surface area contributed by atoms with E-state index < -0.39 is 49.6 Å². The lowest BCUT2D eigenvalue weighted by Gasteiger charge is -2.30. The molecule has 2 fully saturated rings. The third-order valence-corrected chi connectivity index (χ3v) is 5.88. The van der Waals surface area contributed by atoms with Gasteiger partial charge in [0.15, 0.2) is 0 Å². The summed E-state index contributed by atoms with van der Waals surface area (Å²) in [6.45, 7) is 1.26. The Kier molecular flexibility index (Phi) is 8.44. The zero-order chi connectivity index (χ0) is 22.5. The standard InChI is InChI=1S/C17H30BN3O9/c1-10(22)13(19)14(23)29-9-30-16(26)21-7-4-11-12(21)8-20-17(11,15(24)25)5-2-3-6-18(27)28/h10-13,20,22,27-28H,2-9,19H2,1H3,(H,24,25)/t10-,11+,12+,13+,17-/m1/s1. The molecule has 0 unspecified atom stereocenters. The first kappa shape index (κ1) is 24.3. The molecule has 0 aromatic carbocycles. The summed E-state index contributed by atoms with van der Waals surface area (Å²) in [7, 11) is -1.42. The number of fused-ring (bicyclic) bond motifs is 1. The summed E-state index contributed by atoms with van der Waals surface area (Å²) in [6.07, 6.45) is 0.0537. The highest BCUT2D eigenvalue weighted by molar-refractivity contribution is 6.40. The third kappa shape index (κ3) is 5.40. The van der Waals surface area contributed by atoms with E-state index in [4.69, 9.17) is 25.3 Å². The number of aliphatic hydroxyl groups excluding tert-OH is 1. The molecule has 2 rings (SSSR count). The Morgan fingerprint density at radius 2 is 2.00 bits per heavy atom. The molecule has 2 aliphatic rings. The second-order valence-electron chi connectivity index (χ2n) is 7.80. The maximum absolute atomic E-state index is 12.4. The van der Waals surface area contributed by atoms with Crippen LogP contribution in [0.2, 0.25) is 6.32 Å². The van der Waals surface area contributed by atoms with Gasteiger partial charge in [0.25, 0.3) is 0 Å². The van der Waals surface area contributed by atoms with Crippen LogP contribution >= 0.6 is 0 Å². The summed E-state index contributed by atoms with van der Waals surface area (Å²) in [6, 6.07) is -1.63. The largest absolute Gasteiger partial charge is 0.480 e. The van der Waals surface area contributed by atoms with Crippen LogP contribution in [0.15, 0.2) is 0 Å². The van der Waals surface area contributed by atoms with E-state index in [9.17, 15) is 24.6 Å². The highest BCUT2D eigenvalue weighted by atomic mass is 16.7. The Morgan fingerprint density at radius 1 is 1.30 bits per heavy atom. The molecule has 12 nitrogen and oxygen atoms in total. The second-order valence-corrected chi connectivity index (χ2v) is 7.80. The van der Waals surface area contributed by atoms with Crippen LogP contribution in [0, 0.1) is 5.92 Å². The SMILES string of the molecule is C[C@@H](O)[C@H](N)C(=O)OCOC(=O)N1CC[C@H]2[C@@H]1CN[C@@]2(CCCCB(O)O)C(=O)O. The van der Waals surface area contributed by atoms with Crippen molar-refractivity contribution >= 4 is 25.2 Å². The molecule has 0 aromatic rings. The number of hydrogen-bond donors (Lipinski definition) is 6. The van der Waals surface area contributed by atoms with Gasteiger partial charge in [0.2, 0.25) is 6.79 Å². The zero-order valence-electron chi connectivity index (χ0n) is 16.9. The molecule has 2 aliphatic heterocycles. The molecule has 13 heteroatoms. The van der Waals surface area contributed by atoms with Gasteiger partial charge in [0.1, 0.15) is 11.6 Å². The van der Waals surface area contributed by atoms with E-state index in [-0.39, 0.29) is 24.8 Å². The number of carbonyl (C=O) groups is 3. The lowest BCUT2D eigenvalue weighted by molar-refractivity contribution is -0.156. The van der Waals surface area contributed by atoms with Crippen molar-refractivity contribution in [1.82, 2.24) is 10.2 Å². The summed E-state index contributed by atoms with van der Waals surface area (Å²) in [5, 5.41) is 40.0. The van der Waals surface area contributed by atoms with E-state index in [1.54, 1.807) is 0 Å². The average molecular weight is 431 g/mol. The van der Waals surface area contributed by atoms with Crippen LogP contribution in [0.4, 0.5) is 4.79 Å². The van der Waals surface area contributed by atoms with E-state index >= 15 is 0 Å². The first-order valence-electron chi connectivity index (χ1n) is 9.98. The monoisotopic (exact) mass is 431 g/mol. The van der Waals surface area contributed by atoms with Gasteiger partial charge >= 0.3 is 25.2 Å². The number of aliphatic carboxylic acids is 1. The van der Waals surface area contributed by atoms with Crippen LogP contribution in [0.1, 0.15) is 32.6 Å². The average Bonchev–Trinajstić information content (AvgIpc) is 3.25. The van der Waals surface area contributed by atoms with E-state index in [1.807, 2.05) is 0 Å². The molecular weight excluding hydrogens is 401 g/mol. The zero-order valence-corrected chi connectivity index (χ0v) is 16.9. The van der Waals surface area contributed by atoms with Crippen molar-refractivity contribution in [3.63, 3.8) is 0 Å². The maximum atomic E-state index is 12.4. The Hall–Kier alpha value is -1.93. The van der Waals surface area contributed by atoms with Crippen molar-refractivity contribution in [2.45, 2.75) is 62.7 Å². The number of nitrogens with zero attached hydrogens (tertiary/aromatic N) is 1. The first-order chi connectivity index (χ1) is 14.1. The van der Waals surface area contributed by atoms with Crippen molar-refractivity contribution in [3.05, 3.63) is 0 Å². The molecule has 170 valence electrons. The highest BCUT2D eigenvalue weighted by Crippen LogP contribution is 2.41. The van der Waals surface area contributed by atoms with Gasteiger partial charge in [-0.1, -0.05) is 12.8 Å². The molecule has 2 heterocycles. The molecule has 0 spiro atoms. The van der Waals surface area contributed by atoms with Gasteiger partial charge in [-0.25, -0.2) is 4.79 Å². The van der Waals surface area contributed by atoms with Crippen molar-refractivity contribution in [1.29, 1.82) is 0 Å². The molecule has 5 atom stereocenters. The maximum Gasteiger partial charge on any atom is 0.451 e. The number of ether oxygens (including phenoxy) is 2. The van der Waals surface area contributed by atoms with Crippen LogP contribution in [0.3, 0.4) is 0 Å². The van der Waals surface area contributed by atoms with Gasteiger partial charge in [0.05, 0.1) is 12.1 Å². The molecule has 0 bridgehead atoms. The molecule has 0 aromatic heterocycles. The van der Waals surface area contributed by atoms with Gasteiger partial charge in [-0.15, -0.1) is 0 Å². The lowest BCUT2D eigenvalue weighted by Crippen LogP contribution is -2.52. The van der Waals surface area contributed by atoms with Gasteiger partial charge in [-0.2, -0.15) is 0 Å². The van der Waals surface area contributed by atoms with Crippen LogP contribution in [-0.2, 0) is 19.1 Å². The number of carboxylic acids is 1. The topological polar surface area (TPSA) is 192 Å². The number of carboxylic acid groups (broad SMARTS) is 1. The van der Waals surface area contributed by atoms with E-state index in [1.165, 1.54) is 11.8 Å². The molecule has 0 radical (unpaired) electrons. The van der Waals surface area contributed by atoms with E-state index in [2.05, 4.69) is 5.32 Å². The van der Waals surface area contributed by atoms with Crippen LogP contribution in [0.25, 0.3) is 0 Å². The molecule has 2 saturated heterocycles. The van der Waals surface area contributed by atoms with Gasteiger partial charge in [-0.05, 0) is 26.1 Å². The minimum absolute atomic E-state index is 0.166. The summed E-state index contributed by atoms with van der Waals surface area (Å²) in [5.74, 6) is -2.24. The minimum atomic E-state index is -1.42. The van der Waals surface area contributed by atoms with Crippen molar-refractivity contribution in [2.24, 2.45) is 11.7 Å². The number of amides is 1. The van der Waals surface area contributed by atoms with Crippen molar-refractivity contribution in [2.75, 3.05) is 19.9 Å². The quantitative estimate of drug-likeness (QED) is 0.0979. The number of nitrogens with one attached hydrogen (secondary N) is 1. The predicted molar refractivity (Wildman–Crippen MR) is 103 cm³/mol. The van der Waals surface area contributed by atoms with E-state index in [0.717, 1.165) is 0 Å². The number of hydrogen-bond acceptors (Lipinski definition) is 10. The molecule has 30 heavy (non-hydrogen) atoms. The number of nitrogens with two attached hydrogens (primary N) is 1. The fourth-order valence-electron chi connectivity index (χ4n) is 4.19. The third-order valence-electron chi connectivity index (χ3n) is 5.88. The number of aliphatic hydroxyl groups is 1.